The SMILES string of the molecule is CCC(C)N(C)CC(O)c1c(F)cccc1F. The van der Waals surface area contributed by atoms with E-state index in [-0.39, 0.29) is 18.2 Å². The molecular formula is C13H19F2NO. The van der Waals surface area contributed by atoms with E-state index < -0.39 is 17.7 Å². The van der Waals surface area contributed by atoms with Crippen molar-refractivity contribution in [1.82, 2.24) is 4.90 Å². The van der Waals surface area contributed by atoms with E-state index in [0.717, 1.165) is 18.6 Å². The lowest BCUT2D eigenvalue weighted by Crippen LogP contribution is -2.33. The molecule has 2 unspecified atom stereocenters. The molecule has 0 radical (unpaired) electrons. The van der Waals surface area contributed by atoms with Crippen LogP contribution in [0.3, 0.4) is 0 Å². The van der Waals surface area contributed by atoms with Crippen LogP contribution in [0.25, 0.3) is 0 Å². The van der Waals surface area contributed by atoms with Crippen LogP contribution < -0.4 is 0 Å². The van der Waals surface area contributed by atoms with E-state index in [1.54, 1.807) is 0 Å². The molecule has 0 aliphatic carbocycles. The average molecular weight is 243 g/mol. The Hall–Kier alpha value is -1.00. The molecule has 0 fully saturated rings. The smallest absolute Gasteiger partial charge is 0.131 e. The fraction of sp³-hybridized carbons (Fsp3) is 0.538. The van der Waals surface area contributed by atoms with E-state index >= 15 is 0 Å². The first-order valence-corrected chi connectivity index (χ1v) is 5.79. The first-order chi connectivity index (χ1) is 7.97. The normalized spacial score (nSPS) is 15.0. The maximum Gasteiger partial charge on any atom is 0.131 e. The molecule has 4 heteroatoms. The molecule has 0 spiro atoms. The van der Waals surface area contributed by atoms with E-state index in [0.29, 0.717) is 0 Å². The number of nitrogens with zero attached hydrogens (tertiary/aromatic N) is 1. The van der Waals surface area contributed by atoms with Gasteiger partial charge in [-0.3, -0.25) is 0 Å². The second kappa shape index (κ2) is 6.07. The third-order valence-corrected chi connectivity index (χ3v) is 3.14. The van der Waals surface area contributed by atoms with Crippen molar-refractivity contribution in [2.24, 2.45) is 0 Å². The number of aliphatic hydroxyl groups is 1. The van der Waals surface area contributed by atoms with Gasteiger partial charge in [0, 0.05) is 12.6 Å². The van der Waals surface area contributed by atoms with Crippen molar-refractivity contribution < 1.29 is 13.9 Å². The number of benzene rings is 1. The summed E-state index contributed by atoms with van der Waals surface area (Å²) in [7, 11) is 1.83. The molecule has 0 aromatic heterocycles. The highest BCUT2D eigenvalue weighted by Gasteiger charge is 2.20. The summed E-state index contributed by atoms with van der Waals surface area (Å²) in [6.45, 7) is 4.24. The average Bonchev–Trinajstić information content (AvgIpc) is 2.27. The molecule has 1 aromatic carbocycles. The minimum Gasteiger partial charge on any atom is -0.387 e. The number of aliphatic hydroxyl groups excluding tert-OH is 1. The van der Waals surface area contributed by atoms with Crippen LogP contribution in [0, 0.1) is 11.6 Å². The van der Waals surface area contributed by atoms with E-state index in [1.807, 2.05) is 25.8 Å². The quantitative estimate of drug-likeness (QED) is 0.859. The van der Waals surface area contributed by atoms with Gasteiger partial charge in [-0.25, -0.2) is 8.78 Å². The molecule has 2 nitrogen and oxygen atoms in total. The Bertz CT molecular complexity index is 350. The van der Waals surface area contributed by atoms with Crippen molar-refractivity contribution in [2.75, 3.05) is 13.6 Å². The van der Waals surface area contributed by atoms with Crippen LogP contribution in [0.1, 0.15) is 31.9 Å². The van der Waals surface area contributed by atoms with Crippen molar-refractivity contribution >= 4 is 0 Å². The van der Waals surface area contributed by atoms with Gasteiger partial charge in [-0.05, 0) is 32.5 Å². The minimum atomic E-state index is -1.14. The van der Waals surface area contributed by atoms with Gasteiger partial charge >= 0.3 is 0 Å². The van der Waals surface area contributed by atoms with Gasteiger partial charge in [-0.1, -0.05) is 13.0 Å². The molecule has 0 saturated carbocycles. The fourth-order valence-electron chi connectivity index (χ4n) is 1.68. The topological polar surface area (TPSA) is 23.5 Å². The van der Waals surface area contributed by atoms with Crippen LogP contribution in [0.15, 0.2) is 18.2 Å². The summed E-state index contributed by atoms with van der Waals surface area (Å²) in [5.41, 5.74) is -0.248. The molecule has 1 aromatic rings. The fourth-order valence-corrected chi connectivity index (χ4v) is 1.68. The molecule has 0 aliphatic heterocycles. The summed E-state index contributed by atoms with van der Waals surface area (Å²) in [6, 6.07) is 3.87. The summed E-state index contributed by atoms with van der Waals surface area (Å²) >= 11 is 0. The van der Waals surface area contributed by atoms with Crippen molar-refractivity contribution in [3.63, 3.8) is 0 Å². The summed E-state index contributed by atoms with van der Waals surface area (Å²) in [5.74, 6) is -1.40. The highest BCUT2D eigenvalue weighted by Crippen LogP contribution is 2.21. The highest BCUT2D eigenvalue weighted by atomic mass is 19.1. The summed E-state index contributed by atoms with van der Waals surface area (Å²) in [4.78, 5) is 1.89. The van der Waals surface area contributed by atoms with Crippen molar-refractivity contribution in [2.45, 2.75) is 32.4 Å². The van der Waals surface area contributed by atoms with Crippen LogP contribution in [-0.2, 0) is 0 Å². The molecule has 0 bridgehead atoms. The molecule has 96 valence electrons. The zero-order chi connectivity index (χ0) is 13.0. The molecule has 2 atom stereocenters. The molecule has 0 heterocycles. The van der Waals surface area contributed by atoms with Gasteiger partial charge in [-0.15, -0.1) is 0 Å². The van der Waals surface area contributed by atoms with Crippen molar-refractivity contribution in [1.29, 1.82) is 0 Å². The number of hydrogen-bond acceptors (Lipinski definition) is 2. The second-order valence-corrected chi connectivity index (χ2v) is 4.35. The summed E-state index contributed by atoms with van der Waals surface area (Å²) < 4.78 is 26.8. The molecule has 17 heavy (non-hydrogen) atoms. The van der Waals surface area contributed by atoms with Crippen LogP contribution in [0.4, 0.5) is 8.78 Å². The van der Waals surface area contributed by atoms with E-state index in [4.69, 9.17) is 0 Å². The minimum absolute atomic E-state index is 0.215. The second-order valence-electron chi connectivity index (χ2n) is 4.35. The third-order valence-electron chi connectivity index (χ3n) is 3.14. The first-order valence-electron chi connectivity index (χ1n) is 5.79. The summed E-state index contributed by atoms with van der Waals surface area (Å²) in [6.07, 6.45) is -0.224. The zero-order valence-electron chi connectivity index (χ0n) is 10.5. The van der Waals surface area contributed by atoms with E-state index in [9.17, 15) is 13.9 Å². The monoisotopic (exact) mass is 243 g/mol. The van der Waals surface area contributed by atoms with Crippen LogP contribution in [0.2, 0.25) is 0 Å². The number of halogens is 2. The van der Waals surface area contributed by atoms with Gasteiger partial charge < -0.3 is 10.0 Å². The number of likely N-dealkylation sites (N-methyl/N-ethyl adjacent to an activating group) is 1. The van der Waals surface area contributed by atoms with Crippen LogP contribution in [-0.4, -0.2) is 29.6 Å². The predicted octanol–water partition coefficient (Wildman–Crippen LogP) is 2.73. The van der Waals surface area contributed by atoms with Gasteiger partial charge in [-0.2, -0.15) is 0 Å². The van der Waals surface area contributed by atoms with Crippen molar-refractivity contribution in [3.8, 4) is 0 Å². The molecule has 0 amide bonds. The number of rotatable bonds is 5. The maximum absolute atomic E-state index is 13.4. The molecular weight excluding hydrogens is 224 g/mol. The maximum atomic E-state index is 13.4. The Morgan fingerprint density at radius 3 is 2.29 bits per heavy atom. The largest absolute Gasteiger partial charge is 0.387 e. The Morgan fingerprint density at radius 2 is 1.82 bits per heavy atom. The van der Waals surface area contributed by atoms with Crippen LogP contribution in [0.5, 0.6) is 0 Å². The Kier molecular flexibility index (Phi) is 5.02. The Morgan fingerprint density at radius 1 is 1.29 bits per heavy atom. The Balaban J connectivity index is 2.79. The molecule has 0 saturated heterocycles. The third kappa shape index (κ3) is 3.48. The predicted molar refractivity (Wildman–Crippen MR) is 63.7 cm³/mol. The standard InChI is InChI=1S/C13H19F2NO/c1-4-9(2)16(3)8-12(17)13-10(14)6-5-7-11(13)15/h5-7,9,12,17H,4,8H2,1-3H3. The molecule has 0 aliphatic rings. The Labute approximate surface area is 101 Å². The zero-order valence-corrected chi connectivity index (χ0v) is 10.5. The van der Waals surface area contributed by atoms with Crippen molar-refractivity contribution in [3.05, 3.63) is 35.4 Å². The first kappa shape index (κ1) is 14.1. The van der Waals surface area contributed by atoms with Gasteiger partial charge in [0.2, 0.25) is 0 Å². The summed E-state index contributed by atoms with van der Waals surface area (Å²) in [5, 5.41) is 9.88. The van der Waals surface area contributed by atoms with Gasteiger partial charge in [0.25, 0.3) is 0 Å². The van der Waals surface area contributed by atoms with E-state index in [1.165, 1.54) is 6.07 Å². The molecule has 1 N–H and O–H groups in total. The lowest BCUT2D eigenvalue weighted by Gasteiger charge is -2.26. The van der Waals surface area contributed by atoms with E-state index in [2.05, 4.69) is 0 Å². The van der Waals surface area contributed by atoms with Gasteiger partial charge in [0.05, 0.1) is 11.7 Å². The lowest BCUT2D eigenvalue weighted by atomic mass is 10.1. The van der Waals surface area contributed by atoms with Gasteiger partial charge in [0.15, 0.2) is 0 Å². The van der Waals surface area contributed by atoms with Crippen LogP contribution >= 0.6 is 0 Å². The number of hydrogen-bond donors (Lipinski definition) is 1. The van der Waals surface area contributed by atoms with Gasteiger partial charge in [0.1, 0.15) is 11.6 Å². The lowest BCUT2D eigenvalue weighted by molar-refractivity contribution is 0.101. The highest BCUT2D eigenvalue weighted by molar-refractivity contribution is 5.22. The molecule has 1 rings (SSSR count).